The van der Waals surface area contributed by atoms with Crippen LogP contribution >= 0.6 is 0 Å². The lowest BCUT2D eigenvalue weighted by Crippen LogP contribution is -2.32. The van der Waals surface area contributed by atoms with Gasteiger partial charge in [0.25, 0.3) is 0 Å². The molecular weight excluding hydrogens is 410 g/mol. The van der Waals surface area contributed by atoms with Gasteiger partial charge in [-0.05, 0) is 38.4 Å². The van der Waals surface area contributed by atoms with Crippen molar-refractivity contribution in [2.24, 2.45) is 0 Å². The highest BCUT2D eigenvalue weighted by Crippen LogP contribution is 2.40. The van der Waals surface area contributed by atoms with Crippen LogP contribution in [-0.4, -0.2) is 53.6 Å². The van der Waals surface area contributed by atoms with Crippen LogP contribution in [0, 0.1) is 11.8 Å². The van der Waals surface area contributed by atoms with Crippen LogP contribution in [0.1, 0.15) is 34.4 Å². The van der Waals surface area contributed by atoms with Gasteiger partial charge in [0, 0.05) is 58.4 Å². The summed E-state index contributed by atoms with van der Waals surface area (Å²) < 4.78 is 57.6. The number of benzene rings is 2. The van der Waals surface area contributed by atoms with E-state index in [9.17, 15) is 8.78 Å². The fourth-order valence-electron chi connectivity index (χ4n) is 4.32. The van der Waals surface area contributed by atoms with Gasteiger partial charge in [-0.2, -0.15) is 8.78 Å². The lowest BCUT2D eigenvalue weighted by Gasteiger charge is -2.20. The van der Waals surface area contributed by atoms with Crippen molar-refractivity contribution in [3.63, 3.8) is 0 Å². The molecule has 164 valence electrons. The third kappa shape index (κ3) is 3.51. The number of nitrogens with zero attached hydrogens (tertiary/aromatic N) is 4. The second-order valence-electron chi connectivity index (χ2n) is 8.17. The molecule has 5 rings (SSSR count). The number of alkyl halides is 2. The number of hydrogen-bond donors (Lipinski definition) is 0. The number of hydrogen-bond acceptors (Lipinski definition) is 4. The van der Waals surface area contributed by atoms with Crippen LogP contribution in [0.25, 0.3) is 22.9 Å². The SMILES string of the molecule is [2H]C([2H])([2H])N1C=c2cccc(OC(F)F)c2=C2C[C@@H]1c1nc3ccc(C#CCCN(C)C)cc3n12. The average Bonchev–Trinajstić information content (AvgIpc) is 3.24. The predicted octanol–water partition coefficient (Wildman–Crippen LogP) is 2.73. The summed E-state index contributed by atoms with van der Waals surface area (Å²) in [4.78, 5) is 8.10. The Morgan fingerprint density at radius 3 is 2.97 bits per heavy atom. The molecule has 0 saturated carbocycles. The van der Waals surface area contributed by atoms with E-state index in [1.165, 1.54) is 17.2 Å². The Hall–Kier alpha value is -3.37. The Morgan fingerprint density at radius 2 is 2.19 bits per heavy atom. The molecule has 1 aromatic heterocycles. The van der Waals surface area contributed by atoms with Gasteiger partial charge in [-0.3, -0.25) is 4.57 Å². The van der Waals surface area contributed by atoms with E-state index in [1.807, 2.05) is 36.9 Å². The monoisotopic (exact) mass is 437 g/mol. The van der Waals surface area contributed by atoms with E-state index in [0.717, 1.165) is 24.0 Å². The van der Waals surface area contributed by atoms with Crippen molar-refractivity contribution in [3.05, 3.63) is 58.2 Å². The van der Waals surface area contributed by atoms with Crippen LogP contribution in [0.2, 0.25) is 0 Å². The molecule has 0 aliphatic carbocycles. The summed E-state index contributed by atoms with van der Waals surface area (Å²) in [5, 5.41) is 0.953. The molecule has 0 radical (unpaired) electrons. The summed E-state index contributed by atoms with van der Waals surface area (Å²) in [7, 11) is 3.98. The number of halogens is 2. The van der Waals surface area contributed by atoms with Crippen molar-refractivity contribution < 1.29 is 17.6 Å². The third-order valence-corrected chi connectivity index (χ3v) is 5.73. The molecule has 7 heteroatoms. The normalized spacial score (nSPS) is 18.3. The molecule has 2 bridgehead atoms. The molecule has 32 heavy (non-hydrogen) atoms. The van der Waals surface area contributed by atoms with Crippen molar-refractivity contribution in [3.8, 4) is 17.6 Å². The molecule has 0 fully saturated rings. The number of imidazole rings is 1. The van der Waals surface area contributed by atoms with E-state index in [0.29, 0.717) is 33.9 Å². The zero-order valence-electron chi connectivity index (χ0n) is 20.8. The molecule has 3 aromatic rings. The van der Waals surface area contributed by atoms with Crippen LogP contribution in [-0.2, 0) is 0 Å². The Bertz CT molecular complexity index is 1480. The molecule has 0 N–H and O–H groups in total. The Labute approximate surface area is 189 Å². The summed E-state index contributed by atoms with van der Waals surface area (Å²) in [5.74, 6) is 6.90. The van der Waals surface area contributed by atoms with Crippen molar-refractivity contribution in [1.82, 2.24) is 19.4 Å². The fourth-order valence-corrected chi connectivity index (χ4v) is 4.32. The molecule has 2 aliphatic rings. The minimum atomic E-state index is -3.01. The molecule has 2 aliphatic heterocycles. The Balaban J connectivity index is 1.76. The maximum Gasteiger partial charge on any atom is 0.387 e. The first-order valence-corrected chi connectivity index (χ1v) is 10.4. The predicted molar refractivity (Wildman–Crippen MR) is 120 cm³/mol. The van der Waals surface area contributed by atoms with Crippen molar-refractivity contribution in [2.75, 3.05) is 27.6 Å². The van der Waals surface area contributed by atoms with Crippen LogP contribution in [0.4, 0.5) is 8.78 Å². The summed E-state index contributed by atoms with van der Waals surface area (Å²) in [6.07, 6.45) is 2.52. The zero-order valence-corrected chi connectivity index (χ0v) is 17.8. The summed E-state index contributed by atoms with van der Waals surface area (Å²) in [5.41, 5.74) is 2.92. The lowest BCUT2D eigenvalue weighted by atomic mass is 10.1. The minimum absolute atomic E-state index is 0.00391. The van der Waals surface area contributed by atoms with Crippen molar-refractivity contribution in [1.29, 1.82) is 0 Å². The van der Waals surface area contributed by atoms with Crippen LogP contribution in [0.3, 0.4) is 0 Å². The topological polar surface area (TPSA) is 33.5 Å². The molecule has 0 saturated heterocycles. The first-order chi connectivity index (χ1) is 16.6. The van der Waals surface area contributed by atoms with Crippen molar-refractivity contribution >= 4 is 22.9 Å². The quantitative estimate of drug-likeness (QED) is 0.588. The Morgan fingerprint density at radius 1 is 1.31 bits per heavy atom. The first kappa shape index (κ1) is 17.2. The highest BCUT2D eigenvalue weighted by molar-refractivity contribution is 5.83. The Kier molecular flexibility index (Phi) is 4.28. The smallest absolute Gasteiger partial charge is 0.387 e. The van der Waals surface area contributed by atoms with E-state index >= 15 is 0 Å². The van der Waals surface area contributed by atoms with E-state index in [-0.39, 0.29) is 5.75 Å². The van der Waals surface area contributed by atoms with Crippen molar-refractivity contribution in [2.45, 2.75) is 25.5 Å². The average molecular weight is 438 g/mol. The molecule has 3 heterocycles. The van der Waals surface area contributed by atoms with Gasteiger partial charge in [-0.1, -0.05) is 24.0 Å². The van der Waals surface area contributed by atoms with Gasteiger partial charge in [0.1, 0.15) is 11.6 Å². The largest absolute Gasteiger partial charge is 0.434 e. The standard InChI is InChI=1S/C25H24F2N4O/c1-29(2)12-5-4-7-16-10-11-18-19(13-16)31-20-14-21(24(31)28-18)30(3)15-17-8-6-9-22(23(17)20)32-25(26)27/h6,8-11,13,15,21,25H,5,12,14H2,1-3H3/t21-/m1/s1/i3D3. The van der Waals surface area contributed by atoms with Gasteiger partial charge in [0.15, 0.2) is 0 Å². The van der Waals surface area contributed by atoms with Gasteiger partial charge in [0.05, 0.1) is 17.1 Å². The van der Waals surface area contributed by atoms with Crippen LogP contribution in [0.5, 0.6) is 5.75 Å². The molecule has 0 spiro atoms. The molecule has 0 amide bonds. The van der Waals surface area contributed by atoms with Gasteiger partial charge in [-0.25, -0.2) is 4.98 Å². The van der Waals surface area contributed by atoms with Gasteiger partial charge in [-0.15, -0.1) is 0 Å². The van der Waals surface area contributed by atoms with E-state index < -0.39 is 19.6 Å². The molecule has 1 atom stereocenters. The molecular formula is C25H24F2N4O. The second-order valence-corrected chi connectivity index (χ2v) is 8.17. The number of ether oxygens (including phenoxy) is 1. The number of rotatable bonds is 4. The lowest BCUT2D eigenvalue weighted by molar-refractivity contribution is -0.0505. The molecule has 2 aromatic carbocycles. The highest BCUT2D eigenvalue weighted by atomic mass is 19.3. The third-order valence-electron chi connectivity index (χ3n) is 5.73. The molecule has 0 unspecified atom stereocenters. The summed E-state index contributed by atoms with van der Waals surface area (Å²) in [6, 6.07) is 9.85. The van der Waals surface area contributed by atoms with Crippen LogP contribution < -0.4 is 15.2 Å². The maximum absolute atomic E-state index is 13.3. The zero-order chi connectivity index (χ0) is 24.9. The van der Waals surface area contributed by atoms with Gasteiger partial charge < -0.3 is 14.5 Å². The fraction of sp³-hybridized carbons (Fsp3) is 0.320. The summed E-state index contributed by atoms with van der Waals surface area (Å²) in [6.45, 7) is -4.61. The minimum Gasteiger partial charge on any atom is -0.434 e. The number of fused-ring (bicyclic) bond motifs is 8. The first-order valence-electron chi connectivity index (χ1n) is 11.9. The van der Waals surface area contributed by atoms with E-state index in [2.05, 4.69) is 16.7 Å². The molecule has 5 nitrogen and oxygen atoms in total. The van der Waals surface area contributed by atoms with Gasteiger partial charge >= 0.3 is 6.61 Å². The van der Waals surface area contributed by atoms with Gasteiger partial charge in [0.2, 0.25) is 0 Å². The highest BCUT2D eigenvalue weighted by Gasteiger charge is 2.35. The maximum atomic E-state index is 13.3. The summed E-state index contributed by atoms with van der Waals surface area (Å²) >= 11 is 0. The van der Waals surface area contributed by atoms with E-state index in [1.54, 1.807) is 12.1 Å². The van der Waals surface area contributed by atoms with E-state index in [4.69, 9.17) is 13.8 Å². The second kappa shape index (κ2) is 7.95. The number of aromatic nitrogens is 2. The van der Waals surface area contributed by atoms with Crippen LogP contribution in [0.15, 0.2) is 36.4 Å².